The van der Waals surface area contributed by atoms with Crippen molar-refractivity contribution in [2.24, 2.45) is 4.99 Å². The topological polar surface area (TPSA) is 55.7 Å². The van der Waals surface area contributed by atoms with Crippen LogP contribution in [-0.2, 0) is 9.84 Å². The summed E-state index contributed by atoms with van der Waals surface area (Å²) in [5.41, 5.74) is 1.64. The average molecular weight is 289 g/mol. The Bertz CT molecular complexity index is 702. The van der Waals surface area contributed by atoms with Gasteiger partial charge in [-0.05, 0) is 42.0 Å². The van der Waals surface area contributed by atoms with Crippen molar-refractivity contribution in [3.8, 4) is 5.75 Å². The molecule has 0 radical (unpaired) electrons. The zero-order valence-corrected chi connectivity index (χ0v) is 12.1. The Morgan fingerprint density at radius 3 is 2.10 bits per heavy atom. The van der Waals surface area contributed by atoms with Crippen LogP contribution < -0.4 is 4.74 Å². The molecular weight excluding hydrogens is 274 g/mol. The molecule has 2 aromatic carbocycles. The number of methoxy groups -OCH3 is 1. The Labute approximate surface area is 118 Å². The molecule has 0 unspecified atom stereocenters. The zero-order valence-electron chi connectivity index (χ0n) is 11.3. The molecule has 2 aromatic rings. The van der Waals surface area contributed by atoms with Crippen molar-refractivity contribution < 1.29 is 13.2 Å². The first-order valence-electron chi connectivity index (χ1n) is 5.97. The van der Waals surface area contributed by atoms with E-state index in [1.54, 1.807) is 37.6 Å². The van der Waals surface area contributed by atoms with Crippen LogP contribution in [0.25, 0.3) is 0 Å². The summed E-state index contributed by atoms with van der Waals surface area (Å²) in [7, 11) is -1.54. The van der Waals surface area contributed by atoms with Crippen molar-refractivity contribution in [1.29, 1.82) is 0 Å². The summed E-state index contributed by atoms with van der Waals surface area (Å²) in [4.78, 5) is 4.62. The minimum Gasteiger partial charge on any atom is -0.497 e. The largest absolute Gasteiger partial charge is 0.497 e. The van der Waals surface area contributed by atoms with Crippen LogP contribution in [0.1, 0.15) is 5.56 Å². The minimum atomic E-state index is -3.15. The Hall–Kier alpha value is -2.14. The lowest BCUT2D eigenvalue weighted by Crippen LogP contribution is -1.96. The monoisotopic (exact) mass is 289 g/mol. The predicted molar refractivity (Wildman–Crippen MR) is 79.8 cm³/mol. The maximum absolute atomic E-state index is 11.3. The van der Waals surface area contributed by atoms with Gasteiger partial charge in [-0.2, -0.15) is 0 Å². The Kier molecular flexibility index (Phi) is 4.20. The second-order valence-corrected chi connectivity index (χ2v) is 6.31. The highest BCUT2D eigenvalue weighted by atomic mass is 32.2. The number of hydrogen-bond donors (Lipinski definition) is 0. The lowest BCUT2D eigenvalue weighted by Gasteiger charge is -2.00. The normalized spacial score (nSPS) is 11.7. The van der Waals surface area contributed by atoms with Crippen molar-refractivity contribution >= 4 is 21.7 Å². The molecule has 0 amide bonds. The number of benzene rings is 2. The van der Waals surface area contributed by atoms with Gasteiger partial charge in [-0.3, -0.25) is 4.99 Å². The number of rotatable bonds is 4. The molecule has 20 heavy (non-hydrogen) atoms. The van der Waals surface area contributed by atoms with Crippen LogP contribution in [0.2, 0.25) is 0 Å². The quantitative estimate of drug-likeness (QED) is 0.813. The molecule has 0 aliphatic heterocycles. The first-order valence-corrected chi connectivity index (χ1v) is 7.86. The molecule has 4 nitrogen and oxygen atoms in total. The van der Waals surface area contributed by atoms with Gasteiger partial charge in [-0.15, -0.1) is 0 Å². The molecule has 0 spiro atoms. The van der Waals surface area contributed by atoms with Crippen LogP contribution in [0.3, 0.4) is 0 Å². The van der Waals surface area contributed by atoms with E-state index in [1.807, 2.05) is 24.3 Å². The van der Waals surface area contributed by atoms with E-state index in [-0.39, 0.29) is 0 Å². The zero-order chi connectivity index (χ0) is 14.6. The fourth-order valence-corrected chi connectivity index (χ4v) is 2.25. The molecule has 0 fully saturated rings. The molecular formula is C15H15NO3S. The van der Waals surface area contributed by atoms with Gasteiger partial charge in [0.15, 0.2) is 9.84 Å². The third kappa shape index (κ3) is 3.68. The molecule has 2 rings (SSSR count). The summed E-state index contributed by atoms with van der Waals surface area (Å²) >= 11 is 0. The minimum absolute atomic E-state index is 0.305. The number of sulfone groups is 1. The lowest BCUT2D eigenvalue weighted by atomic mass is 10.2. The van der Waals surface area contributed by atoms with E-state index in [0.717, 1.165) is 17.0 Å². The van der Waals surface area contributed by atoms with Gasteiger partial charge in [0.1, 0.15) is 5.75 Å². The average Bonchev–Trinajstić information content (AvgIpc) is 2.45. The third-order valence-electron chi connectivity index (χ3n) is 2.74. The van der Waals surface area contributed by atoms with Gasteiger partial charge < -0.3 is 4.74 Å². The summed E-state index contributed by atoms with van der Waals surface area (Å²) in [6.45, 7) is 0. The molecule has 0 aliphatic rings. The molecule has 0 aliphatic carbocycles. The van der Waals surface area contributed by atoms with Crippen molar-refractivity contribution in [2.45, 2.75) is 4.90 Å². The van der Waals surface area contributed by atoms with Gasteiger partial charge in [0.05, 0.1) is 17.7 Å². The van der Waals surface area contributed by atoms with Crippen LogP contribution >= 0.6 is 0 Å². The van der Waals surface area contributed by atoms with Crippen LogP contribution in [0.4, 0.5) is 5.69 Å². The van der Waals surface area contributed by atoms with Crippen LogP contribution in [-0.4, -0.2) is 28.0 Å². The Morgan fingerprint density at radius 1 is 1.00 bits per heavy atom. The molecule has 0 bridgehead atoms. The fourth-order valence-electron chi connectivity index (χ4n) is 1.62. The summed E-state index contributed by atoms with van der Waals surface area (Å²) in [5, 5.41) is 0. The first kappa shape index (κ1) is 14.3. The van der Waals surface area contributed by atoms with Crippen molar-refractivity contribution in [1.82, 2.24) is 0 Å². The smallest absolute Gasteiger partial charge is 0.175 e. The molecule has 0 aromatic heterocycles. The van der Waals surface area contributed by atoms with E-state index in [9.17, 15) is 8.42 Å². The molecule has 0 heterocycles. The van der Waals surface area contributed by atoms with Crippen LogP contribution in [0.15, 0.2) is 58.4 Å². The van der Waals surface area contributed by atoms with Crippen molar-refractivity contribution in [2.75, 3.05) is 13.4 Å². The standard InChI is InChI=1S/C15H15NO3S/c1-19-14-7-5-13(6-8-14)16-11-12-3-9-15(10-4-12)20(2,17)18/h3-11H,1-2H3/b16-11+. The third-order valence-corrected chi connectivity index (χ3v) is 3.87. The molecule has 0 N–H and O–H groups in total. The van der Waals surface area contributed by atoms with E-state index in [4.69, 9.17) is 4.74 Å². The highest BCUT2D eigenvalue weighted by Gasteiger charge is 2.05. The SMILES string of the molecule is COc1ccc(/N=C/c2ccc(S(C)(=O)=O)cc2)cc1. The second-order valence-electron chi connectivity index (χ2n) is 4.30. The molecule has 5 heteroatoms. The molecule has 104 valence electrons. The number of ether oxygens (including phenoxy) is 1. The molecule has 0 atom stereocenters. The van der Waals surface area contributed by atoms with Crippen molar-refractivity contribution in [3.63, 3.8) is 0 Å². The first-order chi connectivity index (χ1) is 9.49. The summed E-state index contributed by atoms with van der Waals surface area (Å²) in [6, 6.07) is 14.0. The number of hydrogen-bond acceptors (Lipinski definition) is 4. The predicted octanol–water partition coefficient (Wildman–Crippen LogP) is 2.85. The van der Waals surface area contributed by atoms with E-state index in [1.165, 1.54) is 6.26 Å². The van der Waals surface area contributed by atoms with Crippen molar-refractivity contribution in [3.05, 3.63) is 54.1 Å². The summed E-state index contributed by atoms with van der Waals surface area (Å²) in [5.74, 6) is 0.779. The summed E-state index contributed by atoms with van der Waals surface area (Å²) < 4.78 is 27.7. The number of nitrogens with zero attached hydrogens (tertiary/aromatic N) is 1. The number of aliphatic imine (C=N–C) groups is 1. The van der Waals surface area contributed by atoms with E-state index < -0.39 is 9.84 Å². The van der Waals surface area contributed by atoms with Gasteiger partial charge in [0, 0.05) is 12.5 Å². The van der Waals surface area contributed by atoms with Crippen LogP contribution in [0.5, 0.6) is 5.75 Å². The molecule has 0 saturated heterocycles. The second kappa shape index (κ2) is 5.88. The van der Waals surface area contributed by atoms with E-state index >= 15 is 0 Å². The van der Waals surface area contributed by atoms with Crippen LogP contribution in [0, 0.1) is 0 Å². The highest BCUT2D eigenvalue weighted by molar-refractivity contribution is 7.90. The van der Waals surface area contributed by atoms with Gasteiger partial charge >= 0.3 is 0 Å². The maximum atomic E-state index is 11.3. The van der Waals surface area contributed by atoms with E-state index in [0.29, 0.717) is 4.90 Å². The fraction of sp³-hybridized carbons (Fsp3) is 0.133. The van der Waals surface area contributed by atoms with Gasteiger partial charge in [0.25, 0.3) is 0 Å². The lowest BCUT2D eigenvalue weighted by molar-refractivity contribution is 0.415. The van der Waals surface area contributed by atoms with Gasteiger partial charge in [-0.25, -0.2) is 8.42 Å². The maximum Gasteiger partial charge on any atom is 0.175 e. The Morgan fingerprint density at radius 2 is 1.60 bits per heavy atom. The Balaban J connectivity index is 2.14. The van der Waals surface area contributed by atoms with Gasteiger partial charge in [0.2, 0.25) is 0 Å². The van der Waals surface area contributed by atoms with E-state index in [2.05, 4.69) is 4.99 Å². The highest BCUT2D eigenvalue weighted by Crippen LogP contribution is 2.17. The molecule has 0 saturated carbocycles. The van der Waals surface area contributed by atoms with Gasteiger partial charge in [-0.1, -0.05) is 12.1 Å². The summed E-state index contributed by atoms with van der Waals surface area (Å²) in [6.07, 6.45) is 2.88.